The summed E-state index contributed by atoms with van der Waals surface area (Å²) in [5.74, 6) is -0.629. The molecule has 33 heavy (non-hydrogen) atoms. The molecule has 1 aromatic carbocycles. The summed E-state index contributed by atoms with van der Waals surface area (Å²) in [5.41, 5.74) is 1.51. The summed E-state index contributed by atoms with van der Waals surface area (Å²) in [4.78, 5) is 41.2. The van der Waals surface area contributed by atoms with E-state index in [0.29, 0.717) is 0 Å². The van der Waals surface area contributed by atoms with E-state index in [4.69, 9.17) is 4.74 Å². The van der Waals surface area contributed by atoms with Gasteiger partial charge >= 0.3 is 6.09 Å². The van der Waals surface area contributed by atoms with E-state index in [2.05, 4.69) is 23.3 Å². The topological polar surface area (TPSA) is 87.7 Å². The van der Waals surface area contributed by atoms with Crippen LogP contribution in [0.4, 0.5) is 4.79 Å². The Bertz CT molecular complexity index is 856. The van der Waals surface area contributed by atoms with Crippen LogP contribution in [-0.2, 0) is 14.3 Å². The van der Waals surface area contributed by atoms with Gasteiger partial charge in [-0.1, -0.05) is 18.2 Å². The number of ether oxygens (including phenoxy) is 1. The number of carbonyl (C=O) groups excluding carboxylic acids is 3. The van der Waals surface area contributed by atoms with Crippen molar-refractivity contribution in [3.63, 3.8) is 0 Å². The monoisotopic (exact) mass is 479 g/mol. The fourth-order valence-electron chi connectivity index (χ4n) is 3.42. The molecule has 0 saturated heterocycles. The normalized spacial score (nSPS) is 13.8. The third kappa shape index (κ3) is 8.57. The van der Waals surface area contributed by atoms with Crippen molar-refractivity contribution >= 4 is 30.5 Å². The second-order valence-electron chi connectivity index (χ2n) is 10.7. The zero-order chi connectivity index (χ0) is 25.7. The first kappa shape index (κ1) is 28.8. The van der Waals surface area contributed by atoms with Crippen molar-refractivity contribution in [2.75, 3.05) is 5.75 Å². The molecule has 0 spiro atoms. The number of carbonyl (C=O) groups is 3. The van der Waals surface area contributed by atoms with E-state index in [1.807, 2.05) is 66.7 Å². The Labute approximate surface area is 204 Å². The number of thiol groups is 1. The van der Waals surface area contributed by atoms with Crippen LogP contribution >= 0.6 is 12.6 Å². The Hall–Kier alpha value is -2.22. The smallest absolute Gasteiger partial charge is 0.408 e. The van der Waals surface area contributed by atoms with Crippen LogP contribution in [0.15, 0.2) is 18.2 Å². The molecule has 1 aromatic rings. The van der Waals surface area contributed by atoms with Crippen molar-refractivity contribution in [1.82, 2.24) is 15.5 Å². The van der Waals surface area contributed by atoms with Crippen molar-refractivity contribution in [2.24, 2.45) is 0 Å². The van der Waals surface area contributed by atoms with Crippen LogP contribution in [0.5, 0.6) is 0 Å². The molecule has 3 amide bonds. The molecule has 2 N–H and O–H groups in total. The van der Waals surface area contributed by atoms with Gasteiger partial charge in [-0.25, -0.2) is 4.79 Å². The molecular weight excluding hydrogens is 438 g/mol. The van der Waals surface area contributed by atoms with E-state index in [1.165, 1.54) is 4.90 Å². The van der Waals surface area contributed by atoms with Gasteiger partial charge in [0.05, 0.1) is 0 Å². The minimum atomic E-state index is -0.958. The van der Waals surface area contributed by atoms with Crippen LogP contribution < -0.4 is 10.6 Å². The average molecular weight is 480 g/mol. The van der Waals surface area contributed by atoms with Crippen LogP contribution in [0, 0.1) is 13.8 Å². The molecule has 8 heteroatoms. The van der Waals surface area contributed by atoms with Crippen molar-refractivity contribution in [1.29, 1.82) is 0 Å². The second kappa shape index (κ2) is 11.3. The third-order valence-corrected chi connectivity index (χ3v) is 5.31. The molecule has 186 valence electrons. The molecule has 0 fully saturated rings. The Kier molecular flexibility index (Phi) is 9.84. The van der Waals surface area contributed by atoms with E-state index in [0.717, 1.165) is 16.7 Å². The Morgan fingerprint density at radius 3 is 2.09 bits per heavy atom. The van der Waals surface area contributed by atoms with Crippen molar-refractivity contribution in [3.8, 4) is 0 Å². The highest BCUT2D eigenvalue weighted by atomic mass is 32.1. The number of amides is 3. The van der Waals surface area contributed by atoms with Gasteiger partial charge in [-0.05, 0) is 85.9 Å². The number of rotatable bonds is 7. The Morgan fingerprint density at radius 2 is 1.64 bits per heavy atom. The van der Waals surface area contributed by atoms with E-state index in [1.54, 1.807) is 20.8 Å². The second-order valence-corrected chi connectivity index (χ2v) is 11.0. The van der Waals surface area contributed by atoms with E-state index in [9.17, 15) is 14.4 Å². The number of aryl methyl sites for hydroxylation is 1. The highest BCUT2D eigenvalue weighted by Gasteiger charge is 2.39. The minimum Gasteiger partial charge on any atom is -0.444 e. The van der Waals surface area contributed by atoms with Gasteiger partial charge in [-0.3, -0.25) is 9.59 Å². The van der Waals surface area contributed by atoms with Crippen molar-refractivity contribution < 1.29 is 19.1 Å². The zero-order valence-electron chi connectivity index (χ0n) is 21.7. The minimum absolute atomic E-state index is 0.0572. The number of alkyl carbamates (subject to hydrolysis) is 1. The van der Waals surface area contributed by atoms with Crippen LogP contribution in [-0.4, -0.2) is 51.8 Å². The lowest BCUT2D eigenvalue weighted by Crippen LogP contribution is -2.57. The van der Waals surface area contributed by atoms with Crippen molar-refractivity contribution in [2.45, 2.75) is 98.5 Å². The van der Waals surface area contributed by atoms with Gasteiger partial charge in [0.15, 0.2) is 0 Å². The summed E-state index contributed by atoms with van der Waals surface area (Å²) < 4.78 is 5.32. The molecule has 0 saturated carbocycles. The number of nitrogens with zero attached hydrogens (tertiary/aromatic N) is 1. The first-order chi connectivity index (χ1) is 15.0. The van der Waals surface area contributed by atoms with E-state index >= 15 is 0 Å². The molecule has 7 nitrogen and oxygen atoms in total. The number of hydrogen-bond acceptors (Lipinski definition) is 5. The molecule has 2 atom stereocenters. The lowest BCUT2D eigenvalue weighted by molar-refractivity contribution is -0.144. The quantitative estimate of drug-likeness (QED) is 0.508. The van der Waals surface area contributed by atoms with Gasteiger partial charge in [0.1, 0.15) is 17.7 Å². The van der Waals surface area contributed by atoms with Gasteiger partial charge < -0.3 is 20.3 Å². The average Bonchev–Trinajstić information content (AvgIpc) is 2.63. The van der Waals surface area contributed by atoms with Crippen LogP contribution in [0.3, 0.4) is 0 Å². The predicted molar refractivity (Wildman–Crippen MR) is 136 cm³/mol. The summed E-state index contributed by atoms with van der Waals surface area (Å²) >= 11 is 4.30. The number of hydrogen-bond donors (Lipinski definition) is 3. The number of nitrogens with one attached hydrogen (secondary N) is 2. The maximum Gasteiger partial charge on any atom is 0.408 e. The Balaban J connectivity index is 3.48. The highest BCUT2D eigenvalue weighted by molar-refractivity contribution is 7.80. The maximum atomic E-state index is 13.7. The molecule has 0 radical (unpaired) electrons. The largest absolute Gasteiger partial charge is 0.444 e. The van der Waals surface area contributed by atoms with E-state index < -0.39 is 35.2 Å². The maximum absolute atomic E-state index is 13.7. The standard InChI is InChI=1S/C25H41N3O4S/c1-15(2)28(22(30)19(14-33)26-23(31)32-25(8,9)10)20(21(29)27-24(5,6)7)18-13-11-12-16(3)17(18)4/h11-13,15,19-20,33H,14H2,1-10H3,(H,26,31)(H,27,29). The summed E-state index contributed by atoms with van der Waals surface area (Å²) in [6, 6.07) is 3.57. The molecule has 0 aliphatic heterocycles. The molecule has 0 aliphatic rings. The summed E-state index contributed by atoms with van der Waals surface area (Å²) in [6.45, 7) is 18.5. The first-order valence-electron chi connectivity index (χ1n) is 11.3. The van der Waals surface area contributed by atoms with Gasteiger partial charge in [-0.2, -0.15) is 12.6 Å². The zero-order valence-corrected chi connectivity index (χ0v) is 22.6. The number of benzene rings is 1. The van der Waals surface area contributed by atoms with Gasteiger partial charge in [-0.15, -0.1) is 0 Å². The fourth-order valence-corrected chi connectivity index (χ4v) is 3.67. The molecule has 1 rings (SSSR count). The summed E-state index contributed by atoms with van der Waals surface area (Å²) in [6.07, 6.45) is -0.707. The first-order valence-corrected chi connectivity index (χ1v) is 11.9. The van der Waals surface area contributed by atoms with Crippen LogP contribution in [0.2, 0.25) is 0 Å². The summed E-state index contributed by atoms with van der Waals surface area (Å²) in [5, 5.41) is 5.64. The van der Waals surface area contributed by atoms with E-state index in [-0.39, 0.29) is 17.7 Å². The van der Waals surface area contributed by atoms with Crippen LogP contribution in [0.1, 0.15) is 78.1 Å². The van der Waals surface area contributed by atoms with Gasteiger partial charge in [0, 0.05) is 17.3 Å². The predicted octanol–water partition coefficient (Wildman–Crippen LogP) is 4.32. The molecule has 0 aliphatic carbocycles. The van der Waals surface area contributed by atoms with Crippen molar-refractivity contribution in [3.05, 3.63) is 34.9 Å². The molecule has 0 aromatic heterocycles. The summed E-state index contributed by atoms with van der Waals surface area (Å²) in [7, 11) is 0. The van der Waals surface area contributed by atoms with Gasteiger partial charge in [0.25, 0.3) is 0 Å². The molecular formula is C25H41N3O4S. The molecule has 0 bridgehead atoms. The lowest BCUT2D eigenvalue weighted by Gasteiger charge is -2.38. The fraction of sp³-hybridized carbons (Fsp3) is 0.640. The molecule has 2 unspecified atom stereocenters. The third-order valence-electron chi connectivity index (χ3n) is 4.95. The lowest BCUT2D eigenvalue weighted by atomic mass is 9.93. The van der Waals surface area contributed by atoms with Gasteiger partial charge in [0.2, 0.25) is 11.8 Å². The van der Waals surface area contributed by atoms with Crippen LogP contribution in [0.25, 0.3) is 0 Å². The highest BCUT2D eigenvalue weighted by Crippen LogP contribution is 2.29. The molecule has 0 heterocycles. The SMILES string of the molecule is Cc1cccc(C(C(=O)NC(C)(C)C)N(C(=O)C(CS)NC(=O)OC(C)(C)C)C(C)C)c1C. The Morgan fingerprint density at radius 1 is 1.06 bits per heavy atom.